The molecule has 21 heavy (non-hydrogen) atoms. The summed E-state index contributed by atoms with van der Waals surface area (Å²) in [5.74, 6) is -0.864. The van der Waals surface area contributed by atoms with Crippen LogP contribution in [-0.4, -0.2) is 46.3 Å². The molecule has 1 aliphatic heterocycles. The van der Waals surface area contributed by atoms with Gasteiger partial charge in [0.15, 0.2) is 0 Å². The average molecular weight is 292 g/mol. The van der Waals surface area contributed by atoms with E-state index in [0.717, 1.165) is 6.42 Å². The Labute approximate surface area is 123 Å². The highest BCUT2D eigenvalue weighted by atomic mass is 16.4. The van der Waals surface area contributed by atoms with Crippen molar-refractivity contribution in [2.24, 2.45) is 5.92 Å². The van der Waals surface area contributed by atoms with Crippen molar-refractivity contribution in [1.29, 1.82) is 0 Å². The second-order valence-corrected chi connectivity index (χ2v) is 5.50. The molecule has 6 nitrogen and oxygen atoms in total. The van der Waals surface area contributed by atoms with Crippen LogP contribution in [0.5, 0.6) is 0 Å². The molecule has 0 radical (unpaired) electrons. The number of urea groups is 1. The van der Waals surface area contributed by atoms with Gasteiger partial charge in [0, 0.05) is 24.7 Å². The summed E-state index contributed by atoms with van der Waals surface area (Å²) in [4.78, 5) is 24.7. The van der Waals surface area contributed by atoms with Gasteiger partial charge in [0.2, 0.25) is 0 Å². The normalized spacial score (nSPS) is 19.4. The number of hydrogen-bond donors (Lipinski definition) is 3. The second-order valence-electron chi connectivity index (χ2n) is 5.50. The topological polar surface area (TPSA) is 89.9 Å². The second kappa shape index (κ2) is 6.13. The monoisotopic (exact) mass is 292 g/mol. The Kier molecular flexibility index (Phi) is 4.47. The van der Waals surface area contributed by atoms with Gasteiger partial charge in [-0.25, -0.2) is 9.59 Å². The minimum absolute atomic E-state index is 0.117. The number of amides is 2. The lowest BCUT2D eigenvalue weighted by atomic mass is 10.0. The highest BCUT2D eigenvalue weighted by molar-refractivity contribution is 5.92. The van der Waals surface area contributed by atoms with Crippen LogP contribution in [0.2, 0.25) is 0 Å². The fraction of sp³-hybridized carbons (Fsp3) is 0.467. The van der Waals surface area contributed by atoms with E-state index in [9.17, 15) is 14.7 Å². The van der Waals surface area contributed by atoms with E-state index < -0.39 is 12.1 Å². The number of aromatic carboxylic acids is 1. The van der Waals surface area contributed by atoms with Crippen LogP contribution >= 0.6 is 0 Å². The number of anilines is 1. The van der Waals surface area contributed by atoms with Crippen molar-refractivity contribution >= 4 is 17.7 Å². The Bertz CT molecular complexity index is 557. The first-order chi connectivity index (χ1) is 9.88. The fourth-order valence-electron chi connectivity index (χ4n) is 2.55. The van der Waals surface area contributed by atoms with Crippen LogP contribution in [0.25, 0.3) is 0 Å². The third kappa shape index (κ3) is 3.52. The number of carboxylic acids is 1. The predicted molar refractivity (Wildman–Crippen MR) is 78.5 cm³/mol. The smallest absolute Gasteiger partial charge is 0.335 e. The van der Waals surface area contributed by atoms with Crippen LogP contribution < -0.4 is 5.32 Å². The van der Waals surface area contributed by atoms with Crippen LogP contribution in [0.1, 0.15) is 29.3 Å². The minimum Gasteiger partial charge on any atom is -0.478 e. The molecule has 1 aromatic carbocycles. The molecule has 1 aliphatic rings. The van der Waals surface area contributed by atoms with E-state index >= 15 is 0 Å². The summed E-state index contributed by atoms with van der Waals surface area (Å²) in [6, 6.07) is 4.48. The zero-order valence-electron chi connectivity index (χ0n) is 12.2. The van der Waals surface area contributed by atoms with Crippen LogP contribution in [-0.2, 0) is 0 Å². The zero-order valence-corrected chi connectivity index (χ0v) is 12.2. The maximum absolute atomic E-state index is 12.1. The van der Waals surface area contributed by atoms with E-state index in [1.807, 2.05) is 0 Å². The van der Waals surface area contributed by atoms with Crippen molar-refractivity contribution < 1.29 is 19.8 Å². The molecular weight excluding hydrogens is 272 g/mol. The summed E-state index contributed by atoms with van der Waals surface area (Å²) in [7, 11) is 0. The van der Waals surface area contributed by atoms with Gasteiger partial charge in [-0.2, -0.15) is 0 Å². The molecule has 2 unspecified atom stereocenters. The number of nitrogens with zero attached hydrogens (tertiary/aromatic N) is 1. The lowest BCUT2D eigenvalue weighted by molar-refractivity contribution is 0.0696. The predicted octanol–water partition coefficient (Wildman–Crippen LogP) is 1.93. The Morgan fingerprint density at radius 3 is 2.67 bits per heavy atom. The van der Waals surface area contributed by atoms with Crippen molar-refractivity contribution in [1.82, 2.24) is 4.90 Å². The summed E-state index contributed by atoms with van der Waals surface area (Å²) in [6.07, 6.45) is 0.377. The van der Waals surface area contributed by atoms with E-state index in [1.165, 1.54) is 6.07 Å². The molecule has 2 rings (SSSR count). The maximum Gasteiger partial charge on any atom is 0.335 e. The van der Waals surface area contributed by atoms with Crippen LogP contribution in [0.15, 0.2) is 18.2 Å². The van der Waals surface area contributed by atoms with Crippen LogP contribution in [0.3, 0.4) is 0 Å². The van der Waals surface area contributed by atoms with Gasteiger partial charge in [0.25, 0.3) is 0 Å². The molecule has 1 heterocycles. The highest BCUT2D eigenvalue weighted by Crippen LogP contribution is 2.21. The van der Waals surface area contributed by atoms with E-state index in [1.54, 1.807) is 30.9 Å². The summed E-state index contributed by atoms with van der Waals surface area (Å²) >= 11 is 0. The first-order valence-electron chi connectivity index (χ1n) is 6.96. The van der Waals surface area contributed by atoms with Gasteiger partial charge in [-0.3, -0.25) is 0 Å². The van der Waals surface area contributed by atoms with Gasteiger partial charge < -0.3 is 20.4 Å². The maximum atomic E-state index is 12.1. The molecule has 0 bridgehead atoms. The molecule has 3 N–H and O–H groups in total. The molecule has 2 atom stereocenters. The SMILES string of the molecule is Cc1cc(NC(=O)N2CCC(C(C)O)C2)ccc1C(=O)O. The van der Waals surface area contributed by atoms with E-state index in [0.29, 0.717) is 24.3 Å². The number of aryl methyl sites for hydroxylation is 1. The van der Waals surface area contributed by atoms with Crippen molar-refractivity contribution in [3.05, 3.63) is 29.3 Å². The molecule has 0 spiro atoms. The van der Waals surface area contributed by atoms with E-state index in [2.05, 4.69) is 5.32 Å². The van der Waals surface area contributed by atoms with E-state index in [4.69, 9.17) is 5.11 Å². The number of carboxylic acid groups (broad SMARTS) is 1. The number of hydrogen-bond acceptors (Lipinski definition) is 3. The standard InChI is InChI=1S/C15H20N2O4/c1-9-7-12(3-4-13(9)14(19)20)16-15(21)17-6-5-11(8-17)10(2)18/h3-4,7,10-11,18H,5-6,8H2,1-2H3,(H,16,21)(H,19,20). The summed E-state index contributed by atoms with van der Waals surface area (Å²) < 4.78 is 0. The first-order valence-corrected chi connectivity index (χ1v) is 6.96. The number of rotatable bonds is 3. The number of nitrogens with one attached hydrogen (secondary N) is 1. The Balaban J connectivity index is 2.00. The summed E-state index contributed by atoms with van der Waals surface area (Å²) in [5.41, 5.74) is 1.40. The third-order valence-electron chi connectivity index (χ3n) is 3.90. The third-order valence-corrected chi connectivity index (χ3v) is 3.90. The Morgan fingerprint density at radius 2 is 2.14 bits per heavy atom. The highest BCUT2D eigenvalue weighted by Gasteiger charge is 2.29. The number of aliphatic hydroxyl groups excluding tert-OH is 1. The Morgan fingerprint density at radius 1 is 1.43 bits per heavy atom. The molecular formula is C15H20N2O4. The van der Waals surface area contributed by atoms with Crippen molar-refractivity contribution in [3.63, 3.8) is 0 Å². The number of aliphatic hydroxyl groups is 1. The van der Waals surface area contributed by atoms with Gasteiger partial charge >= 0.3 is 12.0 Å². The molecule has 0 aromatic heterocycles. The average Bonchev–Trinajstić information content (AvgIpc) is 2.88. The fourth-order valence-corrected chi connectivity index (χ4v) is 2.55. The zero-order chi connectivity index (χ0) is 15.6. The summed E-state index contributed by atoms with van der Waals surface area (Å²) in [5, 5.41) is 21.3. The molecule has 0 aliphatic carbocycles. The van der Waals surface area contributed by atoms with E-state index in [-0.39, 0.29) is 17.5 Å². The van der Waals surface area contributed by atoms with Crippen molar-refractivity contribution in [2.75, 3.05) is 18.4 Å². The number of likely N-dealkylation sites (tertiary alicyclic amines) is 1. The van der Waals surface area contributed by atoms with Crippen LogP contribution in [0.4, 0.5) is 10.5 Å². The van der Waals surface area contributed by atoms with Crippen LogP contribution in [0, 0.1) is 12.8 Å². The lowest BCUT2D eigenvalue weighted by Gasteiger charge is -2.18. The molecule has 1 aromatic rings. The van der Waals surface area contributed by atoms with Gasteiger partial charge in [0.05, 0.1) is 11.7 Å². The number of carbonyl (C=O) groups is 2. The van der Waals surface area contributed by atoms with Gasteiger partial charge in [-0.05, 0) is 44.0 Å². The van der Waals surface area contributed by atoms with Gasteiger partial charge in [-0.1, -0.05) is 0 Å². The molecule has 2 amide bonds. The Hall–Kier alpha value is -2.08. The molecule has 1 fully saturated rings. The largest absolute Gasteiger partial charge is 0.478 e. The van der Waals surface area contributed by atoms with Gasteiger partial charge in [-0.15, -0.1) is 0 Å². The van der Waals surface area contributed by atoms with Gasteiger partial charge in [0.1, 0.15) is 0 Å². The first kappa shape index (κ1) is 15.3. The molecule has 1 saturated heterocycles. The quantitative estimate of drug-likeness (QED) is 0.794. The molecule has 0 saturated carbocycles. The van der Waals surface area contributed by atoms with Crippen molar-refractivity contribution in [3.8, 4) is 0 Å². The summed E-state index contributed by atoms with van der Waals surface area (Å²) in [6.45, 7) is 4.59. The number of carbonyl (C=O) groups excluding carboxylic acids is 1. The molecule has 6 heteroatoms. The number of benzene rings is 1. The molecule has 114 valence electrons. The lowest BCUT2D eigenvalue weighted by Crippen LogP contribution is -2.34. The van der Waals surface area contributed by atoms with Crippen molar-refractivity contribution in [2.45, 2.75) is 26.4 Å². The minimum atomic E-state index is -0.982.